The fourth-order valence-corrected chi connectivity index (χ4v) is 1.64. The number of hydrogen-bond acceptors (Lipinski definition) is 3. The Bertz CT molecular complexity index is 419. The molecule has 0 amide bonds. The second-order valence-electron chi connectivity index (χ2n) is 5.32. The topological polar surface area (TPSA) is 44.1 Å². The van der Waals surface area contributed by atoms with E-state index in [0.29, 0.717) is 23.0 Å². The zero-order valence-corrected chi connectivity index (χ0v) is 11.8. The average Bonchev–Trinajstić information content (AvgIpc) is 2.38. The molecule has 0 aliphatic heterocycles. The van der Waals surface area contributed by atoms with Gasteiger partial charge in [0.1, 0.15) is 10.7 Å². The summed E-state index contributed by atoms with van der Waals surface area (Å²) in [6, 6.07) is 0. The molecule has 0 unspecified atom stereocenters. The number of hydrogen-bond donors (Lipinski definition) is 0. The first-order valence-corrected chi connectivity index (χ1v) is 5.96. The minimum Gasteiger partial charge on any atom is -0.462 e. The Morgan fingerprint density at radius 3 is 2.47 bits per heavy atom. The molecule has 5 heteroatoms. The molecule has 1 rings (SSSR count). The smallest absolute Gasteiger partial charge is 0.343 e. The second-order valence-corrected chi connectivity index (χ2v) is 5.68. The molecule has 0 aliphatic carbocycles. The highest BCUT2D eigenvalue weighted by Gasteiger charge is 2.21. The van der Waals surface area contributed by atoms with E-state index in [9.17, 15) is 4.79 Å². The minimum absolute atomic E-state index is 0.147. The van der Waals surface area contributed by atoms with Gasteiger partial charge in [-0.3, -0.25) is 4.68 Å². The third kappa shape index (κ3) is 3.73. The molecule has 0 atom stereocenters. The fourth-order valence-electron chi connectivity index (χ4n) is 1.38. The molecule has 17 heavy (non-hydrogen) atoms. The molecule has 0 saturated heterocycles. The predicted octanol–water partition coefficient (Wildman–Crippen LogP) is 2.97. The van der Waals surface area contributed by atoms with Crippen LogP contribution in [0.5, 0.6) is 0 Å². The SMILES string of the molecule is Cc1nn(C)c(Cl)c1C(=O)OCCC(C)(C)C. The van der Waals surface area contributed by atoms with Crippen molar-refractivity contribution in [2.45, 2.75) is 34.1 Å². The summed E-state index contributed by atoms with van der Waals surface area (Å²) >= 11 is 5.98. The monoisotopic (exact) mass is 258 g/mol. The number of halogens is 1. The maximum absolute atomic E-state index is 11.8. The van der Waals surface area contributed by atoms with Crippen LogP contribution in [0.1, 0.15) is 43.2 Å². The van der Waals surface area contributed by atoms with Gasteiger partial charge in [0, 0.05) is 7.05 Å². The maximum atomic E-state index is 11.8. The molecule has 0 saturated carbocycles. The van der Waals surface area contributed by atoms with Crippen LogP contribution in [0.4, 0.5) is 0 Å². The predicted molar refractivity (Wildman–Crippen MR) is 67.3 cm³/mol. The largest absolute Gasteiger partial charge is 0.462 e. The lowest BCUT2D eigenvalue weighted by molar-refractivity contribution is 0.0464. The average molecular weight is 259 g/mol. The van der Waals surface area contributed by atoms with Crippen LogP contribution in [-0.4, -0.2) is 22.4 Å². The Morgan fingerprint density at radius 1 is 1.47 bits per heavy atom. The molecule has 0 fully saturated rings. The number of carbonyl (C=O) groups is 1. The van der Waals surface area contributed by atoms with E-state index in [2.05, 4.69) is 25.9 Å². The van der Waals surface area contributed by atoms with Crippen molar-refractivity contribution in [3.63, 3.8) is 0 Å². The van der Waals surface area contributed by atoms with E-state index in [1.165, 1.54) is 4.68 Å². The molecule has 0 aromatic carbocycles. The van der Waals surface area contributed by atoms with Crippen LogP contribution in [0.3, 0.4) is 0 Å². The molecule has 96 valence electrons. The highest BCUT2D eigenvalue weighted by atomic mass is 35.5. The molecule has 0 aliphatic rings. The molecule has 0 bridgehead atoms. The number of nitrogens with zero attached hydrogens (tertiary/aromatic N) is 2. The van der Waals surface area contributed by atoms with Gasteiger partial charge in [-0.15, -0.1) is 0 Å². The summed E-state index contributed by atoms with van der Waals surface area (Å²) in [7, 11) is 1.70. The standard InChI is InChI=1S/C12H19ClN2O2/c1-8-9(10(13)15(5)14-8)11(16)17-7-6-12(2,3)4/h6-7H2,1-5H3. The highest BCUT2D eigenvalue weighted by molar-refractivity contribution is 6.32. The van der Waals surface area contributed by atoms with Crippen LogP contribution in [0.25, 0.3) is 0 Å². The Morgan fingerprint density at radius 2 is 2.06 bits per heavy atom. The third-order valence-corrected chi connectivity index (χ3v) is 2.88. The summed E-state index contributed by atoms with van der Waals surface area (Å²) in [6.07, 6.45) is 0.815. The van der Waals surface area contributed by atoms with E-state index >= 15 is 0 Å². The van der Waals surface area contributed by atoms with E-state index in [4.69, 9.17) is 16.3 Å². The van der Waals surface area contributed by atoms with Gasteiger partial charge in [0.25, 0.3) is 0 Å². The van der Waals surface area contributed by atoms with Crippen molar-refractivity contribution >= 4 is 17.6 Å². The van der Waals surface area contributed by atoms with Crippen LogP contribution < -0.4 is 0 Å². The van der Waals surface area contributed by atoms with Crippen molar-refractivity contribution in [2.75, 3.05) is 6.61 Å². The maximum Gasteiger partial charge on any atom is 0.343 e. The molecule has 1 aromatic heterocycles. The van der Waals surface area contributed by atoms with Gasteiger partial charge in [0.15, 0.2) is 0 Å². The van der Waals surface area contributed by atoms with Crippen molar-refractivity contribution in [3.8, 4) is 0 Å². The Hall–Kier alpha value is -1.03. The summed E-state index contributed by atoms with van der Waals surface area (Å²) < 4.78 is 6.67. The number of aryl methyl sites for hydroxylation is 2. The lowest BCUT2D eigenvalue weighted by Crippen LogP contribution is -2.13. The van der Waals surface area contributed by atoms with Crippen LogP contribution in [0.15, 0.2) is 0 Å². The van der Waals surface area contributed by atoms with E-state index in [0.717, 1.165) is 6.42 Å². The van der Waals surface area contributed by atoms with E-state index < -0.39 is 5.97 Å². The van der Waals surface area contributed by atoms with Gasteiger partial charge in [0.2, 0.25) is 0 Å². The van der Waals surface area contributed by atoms with Crippen molar-refractivity contribution in [1.82, 2.24) is 9.78 Å². The molecule has 0 N–H and O–H groups in total. The number of esters is 1. The Balaban J connectivity index is 2.65. The van der Waals surface area contributed by atoms with Crippen molar-refractivity contribution < 1.29 is 9.53 Å². The number of rotatable bonds is 3. The second kappa shape index (κ2) is 5.08. The zero-order valence-electron chi connectivity index (χ0n) is 11.0. The minimum atomic E-state index is -0.398. The molecule has 0 radical (unpaired) electrons. The van der Waals surface area contributed by atoms with Crippen molar-refractivity contribution in [3.05, 3.63) is 16.4 Å². The first-order chi connectivity index (χ1) is 7.72. The summed E-state index contributed by atoms with van der Waals surface area (Å²) in [6.45, 7) is 8.44. The third-order valence-electron chi connectivity index (χ3n) is 2.44. The van der Waals surface area contributed by atoms with Gasteiger partial charge in [-0.1, -0.05) is 32.4 Å². The first-order valence-electron chi connectivity index (χ1n) is 5.58. The van der Waals surface area contributed by atoms with E-state index in [-0.39, 0.29) is 5.41 Å². The van der Waals surface area contributed by atoms with Gasteiger partial charge < -0.3 is 4.74 Å². The number of carbonyl (C=O) groups excluding carboxylic acids is 1. The normalized spacial score (nSPS) is 11.6. The number of ether oxygens (including phenoxy) is 1. The van der Waals surface area contributed by atoms with Crippen molar-refractivity contribution in [2.24, 2.45) is 12.5 Å². The molecule has 0 spiro atoms. The number of aromatic nitrogens is 2. The van der Waals surface area contributed by atoms with Gasteiger partial charge in [-0.25, -0.2) is 4.79 Å². The lowest BCUT2D eigenvalue weighted by atomic mass is 9.93. The van der Waals surface area contributed by atoms with Crippen LogP contribution in [0.2, 0.25) is 5.15 Å². The van der Waals surface area contributed by atoms with Crippen molar-refractivity contribution in [1.29, 1.82) is 0 Å². The molecule has 4 nitrogen and oxygen atoms in total. The summed E-state index contributed by atoms with van der Waals surface area (Å²) in [5.41, 5.74) is 1.11. The molecule has 1 aromatic rings. The molecular weight excluding hydrogens is 240 g/mol. The summed E-state index contributed by atoms with van der Waals surface area (Å²) in [5, 5.41) is 4.39. The van der Waals surface area contributed by atoms with Crippen LogP contribution >= 0.6 is 11.6 Å². The summed E-state index contributed by atoms with van der Waals surface area (Å²) in [4.78, 5) is 11.8. The van der Waals surface area contributed by atoms with Gasteiger partial charge in [-0.05, 0) is 18.8 Å². The van der Waals surface area contributed by atoms with Crippen LogP contribution in [0, 0.1) is 12.3 Å². The zero-order chi connectivity index (χ0) is 13.2. The highest BCUT2D eigenvalue weighted by Crippen LogP contribution is 2.21. The Kier molecular flexibility index (Phi) is 4.20. The Labute approximate surface area is 107 Å². The quantitative estimate of drug-likeness (QED) is 0.783. The lowest BCUT2D eigenvalue weighted by Gasteiger charge is -2.17. The van der Waals surface area contributed by atoms with Crippen LogP contribution in [-0.2, 0) is 11.8 Å². The molecular formula is C12H19ClN2O2. The van der Waals surface area contributed by atoms with E-state index in [1.807, 2.05) is 0 Å². The van der Waals surface area contributed by atoms with Gasteiger partial charge in [0.05, 0.1) is 12.3 Å². The van der Waals surface area contributed by atoms with E-state index in [1.54, 1.807) is 14.0 Å². The van der Waals surface area contributed by atoms with Gasteiger partial charge in [-0.2, -0.15) is 5.10 Å². The molecule has 1 heterocycles. The summed E-state index contributed by atoms with van der Waals surface area (Å²) in [5.74, 6) is -0.398. The first kappa shape index (κ1) is 14.0. The fraction of sp³-hybridized carbons (Fsp3) is 0.667. The van der Waals surface area contributed by atoms with Gasteiger partial charge >= 0.3 is 5.97 Å².